The van der Waals surface area contributed by atoms with Crippen molar-refractivity contribution < 1.29 is 14.3 Å². The number of amides is 1. The predicted octanol–water partition coefficient (Wildman–Crippen LogP) is 4.23. The molecule has 0 unspecified atom stereocenters. The summed E-state index contributed by atoms with van der Waals surface area (Å²) >= 11 is 0. The summed E-state index contributed by atoms with van der Waals surface area (Å²) in [6, 6.07) is 3.87. The Morgan fingerprint density at radius 1 is 1.23 bits per heavy atom. The number of ether oxygens (including phenoxy) is 2. The summed E-state index contributed by atoms with van der Waals surface area (Å²) in [5.41, 5.74) is 2.00. The van der Waals surface area contributed by atoms with Gasteiger partial charge in [-0.15, -0.1) is 0 Å². The fourth-order valence-electron chi connectivity index (χ4n) is 2.35. The van der Waals surface area contributed by atoms with Gasteiger partial charge in [-0.25, -0.2) is 0 Å². The minimum atomic E-state index is -0.802. The molecule has 1 aromatic rings. The van der Waals surface area contributed by atoms with Gasteiger partial charge in [0.15, 0.2) is 0 Å². The smallest absolute Gasteiger partial charge is 0.256 e. The van der Waals surface area contributed by atoms with E-state index in [1.165, 1.54) is 0 Å². The third kappa shape index (κ3) is 4.47. The summed E-state index contributed by atoms with van der Waals surface area (Å²) in [4.78, 5) is 12.5. The topological polar surface area (TPSA) is 47.6 Å². The van der Waals surface area contributed by atoms with Gasteiger partial charge in [0.1, 0.15) is 11.4 Å². The van der Waals surface area contributed by atoms with Gasteiger partial charge in [-0.05, 0) is 71.2 Å². The fourth-order valence-corrected chi connectivity index (χ4v) is 2.35. The maximum atomic E-state index is 12.5. The Labute approximate surface area is 134 Å². The van der Waals surface area contributed by atoms with Gasteiger partial charge in [0.2, 0.25) is 0 Å². The van der Waals surface area contributed by atoms with E-state index in [-0.39, 0.29) is 12.0 Å². The van der Waals surface area contributed by atoms with Crippen LogP contribution in [0.1, 0.15) is 52.2 Å². The Balaban J connectivity index is 2.97. The third-order valence-corrected chi connectivity index (χ3v) is 3.69. The van der Waals surface area contributed by atoms with Crippen LogP contribution in [-0.4, -0.2) is 24.2 Å². The van der Waals surface area contributed by atoms with Crippen LogP contribution in [-0.2, 0) is 9.53 Å². The number of aryl methyl sites for hydroxylation is 2. The highest BCUT2D eigenvalue weighted by Gasteiger charge is 2.32. The largest absolute Gasteiger partial charge is 0.490 e. The van der Waals surface area contributed by atoms with E-state index in [0.717, 1.165) is 22.6 Å². The van der Waals surface area contributed by atoms with Gasteiger partial charge in [-0.1, -0.05) is 6.92 Å². The van der Waals surface area contributed by atoms with Crippen LogP contribution in [0.4, 0.5) is 5.69 Å². The molecule has 1 N–H and O–H groups in total. The number of benzene rings is 1. The number of rotatable bonds is 7. The summed E-state index contributed by atoms with van der Waals surface area (Å²) in [6.07, 6.45) is 0.748. The van der Waals surface area contributed by atoms with Crippen molar-refractivity contribution in [1.29, 1.82) is 0 Å². The van der Waals surface area contributed by atoms with Crippen LogP contribution in [0.25, 0.3) is 0 Å². The lowest BCUT2D eigenvalue weighted by Gasteiger charge is -2.27. The lowest BCUT2D eigenvalue weighted by Crippen LogP contribution is -2.42. The number of hydrogen-bond donors (Lipinski definition) is 1. The molecule has 0 radical (unpaired) electrons. The molecule has 22 heavy (non-hydrogen) atoms. The molecule has 0 fully saturated rings. The van der Waals surface area contributed by atoms with Crippen LogP contribution < -0.4 is 10.1 Å². The van der Waals surface area contributed by atoms with Crippen molar-refractivity contribution in [2.75, 3.05) is 11.9 Å². The first-order valence-corrected chi connectivity index (χ1v) is 7.96. The maximum absolute atomic E-state index is 12.5. The molecule has 1 aromatic carbocycles. The zero-order chi connectivity index (χ0) is 16.9. The highest BCUT2D eigenvalue weighted by atomic mass is 16.5. The van der Waals surface area contributed by atoms with E-state index < -0.39 is 5.60 Å². The zero-order valence-electron chi connectivity index (χ0n) is 14.9. The molecule has 0 bridgehead atoms. The Morgan fingerprint density at radius 2 is 1.77 bits per heavy atom. The van der Waals surface area contributed by atoms with Crippen molar-refractivity contribution >= 4 is 11.6 Å². The van der Waals surface area contributed by atoms with Gasteiger partial charge in [0.05, 0.1) is 6.10 Å². The number of hydrogen-bond acceptors (Lipinski definition) is 3. The number of carbonyl (C=O) groups excluding carboxylic acids is 1. The summed E-state index contributed by atoms with van der Waals surface area (Å²) in [5, 5.41) is 2.96. The molecule has 0 spiro atoms. The first-order valence-electron chi connectivity index (χ1n) is 7.96. The number of nitrogens with one attached hydrogen (secondary N) is 1. The third-order valence-electron chi connectivity index (χ3n) is 3.69. The van der Waals surface area contributed by atoms with Gasteiger partial charge < -0.3 is 14.8 Å². The van der Waals surface area contributed by atoms with Crippen molar-refractivity contribution in [2.24, 2.45) is 0 Å². The van der Waals surface area contributed by atoms with Crippen LogP contribution in [0.15, 0.2) is 12.1 Å². The Bertz CT molecular complexity index is 502. The molecule has 0 aromatic heterocycles. The summed E-state index contributed by atoms with van der Waals surface area (Å²) in [6.45, 7) is 14.2. The zero-order valence-corrected chi connectivity index (χ0v) is 14.9. The monoisotopic (exact) mass is 307 g/mol. The maximum Gasteiger partial charge on any atom is 0.256 e. The van der Waals surface area contributed by atoms with Crippen LogP contribution in [0.2, 0.25) is 0 Å². The molecule has 0 aliphatic carbocycles. The summed E-state index contributed by atoms with van der Waals surface area (Å²) < 4.78 is 11.4. The molecule has 0 saturated heterocycles. The first-order chi connectivity index (χ1) is 10.2. The van der Waals surface area contributed by atoms with Gasteiger partial charge >= 0.3 is 0 Å². The average molecular weight is 307 g/mol. The normalized spacial score (nSPS) is 13.8. The second-order valence-electron chi connectivity index (χ2n) is 6.08. The highest BCUT2D eigenvalue weighted by molar-refractivity contribution is 5.97. The SMILES string of the molecule is CCO[C@@](C)(CC)C(=O)Nc1cc(C)c(OC(C)C)c(C)c1. The van der Waals surface area contributed by atoms with E-state index in [1.807, 2.05) is 60.6 Å². The first kappa shape index (κ1) is 18.5. The molecule has 4 heteroatoms. The predicted molar refractivity (Wildman–Crippen MR) is 90.6 cm³/mol. The molecule has 124 valence electrons. The van der Waals surface area contributed by atoms with Gasteiger partial charge in [0, 0.05) is 12.3 Å². The second kappa shape index (κ2) is 7.63. The van der Waals surface area contributed by atoms with E-state index in [4.69, 9.17) is 9.47 Å². The van der Waals surface area contributed by atoms with Crippen molar-refractivity contribution in [3.63, 3.8) is 0 Å². The summed E-state index contributed by atoms with van der Waals surface area (Å²) in [5.74, 6) is 0.768. The Morgan fingerprint density at radius 3 is 2.18 bits per heavy atom. The minimum Gasteiger partial charge on any atom is -0.490 e. The number of carbonyl (C=O) groups is 1. The van der Waals surface area contributed by atoms with Crippen LogP contribution in [0, 0.1) is 13.8 Å². The molecule has 1 rings (SSSR count). The molecular weight excluding hydrogens is 278 g/mol. The quantitative estimate of drug-likeness (QED) is 0.820. The molecular formula is C18H29NO3. The fraction of sp³-hybridized carbons (Fsp3) is 0.611. The van der Waals surface area contributed by atoms with Crippen molar-refractivity contribution in [3.8, 4) is 5.75 Å². The van der Waals surface area contributed by atoms with E-state index in [0.29, 0.717) is 13.0 Å². The Hall–Kier alpha value is -1.55. The van der Waals surface area contributed by atoms with Crippen molar-refractivity contribution in [2.45, 2.75) is 66.6 Å². The molecule has 4 nitrogen and oxygen atoms in total. The van der Waals surface area contributed by atoms with Crippen molar-refractivity contribution in [1.82, 2.24) is 0 Å². The molecule has 0 aliphatic rings. The molecule has 1 atom stereocenters. The minimum absolute atomic E-state index is 0.117. The van der Waals surface area contributed by atoms with Gasteiger partial charge in [-0.3, -0.25) is 4.79 Å². The summed E-state index contributed by atoms with van der Waals surface area (Å²) in [7, 11) is 0. The average Bonchev–Trinajstić information content (AvgIpc) is 2.42. The van der Waals surface area contributed by atoms with E-state index in [9.17, 15) is 4.79 Å². The van der Waals surface area contributed by atoms with E-state index in [1.54, 1.807) is 0 Å². The van der Waals surface area contributed by atoms with Gasteiger partial charge in [-0.2, -0.15) is 0 Å². The number of anilines is 1. The molecule has 0 heterocycles. The van der Waals surface area contributed by atoms with Gasteiger partial charge in [0.25, 0.3) is 5.91 Å². The molecule has 1 amide bonds. The second-order valence-corrected chi connectivity index (χ2v) is 6.08. The molecule has 0 saturated carbocycles. The lowest BCUT2D eigenvalue weighted by atomic mass is 10.0. The van der Waals surface area contributed by atoms with E-state index >= 15 is 0 Å². The van der Waals surface area contributed by atoms with E-state index in [2.05, 4.69) is 5.32 Å². The standard InChI is InChI=1S/C18H29NO3/c1-8-18(7,21-9-2)17(20)19-15-10-13(5)16(14(6)11-15)22-12(3)4/h10-12H,8-9H2,1-7H3,(H,19,20)/t18-/m0/s1. The van der Waals surface area contributed by atoms with Crippen LogP contribution in [0.5, 0.6) is 5.75 Å². The highest BCUT2D eigenvalue weighted by Crippen LogP contribution is 2.29. The van der Waals surface area contributed by atoms with Crippen LogP contribution in [0.3, 0.4) is 0 Å². The lowest BCUT2D eigenvalue weighted by molar-refractivity contribution is -0.139. The Kier molecular flexibility index (Phi) is 6.42. The van der Waals surface area contributed by atoms with Crippen LogP contribution >= 0.6 is 0 Å². The molecule has 0 aliphatic heterocycles. The van der Waals surface area contributed by atoms with Crippen molar-refractivity contribution in [3.05, 3.63) is 23.3 Å².